The lowest BCUT2D eigenvalue weighted by Crippen LogP contribution is -2.48. The van der Waals surface area contributed by atoms with Crippen LogP contribution in [-0.2, 0) is 4.79 Å². The summed E-state index contributed by atoms with van der Waals surface area (Å²) in [5, 5.41) is 10.8. The number of carbonyl (C=O) groups is 2. The number of rotatable bonds is 12. The topological polar surface area (TPSA) is 108 Å². The van der Waals surface area contributed by atoms with Gasteiger partial charge in [-0.05, 0) is 86.4 Å². The minimum atomic E-state index is -2.71. The molecule has 0 radical (unpaired) electrons. The molecule has 266 valence electrons. The minimum Gasteiger partial charge on any atom is -0.506 e. The SMILES string of the molecule is C=CC(=O)C(C)C.CCCC(=Nc1c(C(=O)N2CCC(=Nc3ccc(C4CC4)cc3O)/C(=C(\N)CCC)C2CC)ccc(Br)c1C)C(F)F. The normalized spacial score (nSPS) is 18.4. The second-order valence-corrected chi connectivity index (χ2v) is 13.8. The fraction of sp³-hybridized carbons (Fsp3) is 0.487. The second-order valence-electron chi connectivity index (χ2n) is 12.9. The zero-order valence-corrected chi connectivity index (χ0v) is 31.2. The standard InChI is InChI=1S/C33H41BrF2N4O2.C6H10O/c1-5-8-24(37)30-26(38-25-15-12-21(18-29(25)41)20-10-11-20)16-17-40(28(30)7-3)33(42)22-13-14-23(34)19(4)31(22)39-27(9-6-2)32(35)36;1-4-6(7)5(2)3/h12-15,18,20,28,32,41H,5-11,16-17,37H2,1-4H3;4-5H,1H2,2-3H3/b30-24+,38-26?,39-27?;. The van der Waals surface area contributed by atoms with Crippen molar-refractivity contribution in [2.24, 2.45) is 21.6 Å². The van der Waals surface area contributed by atoms with Gasteiger partial charge in [0.15, 0.2) is 5.78 Å². The maximum Gasteiger partial charge on any atom is 0.276 e. The number of phenols is 1. The lowest BCUT2D eigenvalue weighted by atomic mass is 9.88. The molecule has 10 heteroatoms. The number of likely N-dealkylation sites (tertiary alicyclic amines) is 1. The molecule has 49 heavy (non-hydrogen) atoms. The van der Waals surface area contributed by atoms with Gasteiger partial charge in [-0.15, -0.1) is 0 Å². The predicted octanol–water partition coefficient (Wildman–Crippen LogP) is 10.3. The molecule has 4 rings (SSSR count). The number of benzene rings is 2. The van der Waals surface area contributed by atoms with E-state index in [0.29, 0.717) is 59.6 Å². The summed E-state index contributed by atoms with van der Waals surface area (Å²) in [5.41, 5.74) is 11.5. The van der Waals surface area contributed by atoms with Crippen LogP contribution in [0.1, 0.15) is 113 Å². The van der Waals surface area contributed by atoms with Crippen molar-refractivity contribution in [2.45, 2.75) is 111 Å². The van der Waals surface area contributed by atoms with Gasteiger partial charge in [0.05, 0.1) is 23.0 Å². The smallest absolute Gasteiger partial charge is 0.276 e. The Bertz CT molecular complexity index is 1610. The lowest BCUT2D eigenvalue weighted by Gasteiger charge is -2.39. The maximum absolute atomic E-state index is 14.2. The number of alkyl halides is 2. The molecule has 2 aliphatic rings. The van der Waals surface area contributed by atoms with Crippen molar-refractivity contribution in [3.8, 4) is 5.75 Å². The third-order valence-corrected chi connectivity index (χ3v) is 9.66. The van der Waals surface area contributed by atoms with Crippen molar-refractivity contribution < 1.29 is 23.5 Å². The van der Waals surface area contributed by atoms with E-state index in [0.717, 1.165) is 36.1 Å². The molecule has 1 unspecified atom stereocenters. The minimum absolute atomic E-state index is 0.109. The van der Waals surface area contributed by atoms with Gasteiger partial charge in [-0.2, -0.15) is 0 Å². The van der Waals surface area contributed by atoms with Gasteiger partial charge in [0, 0.05) is 40.3 Å². The molecule has 1 aliphatic carbocycles. The number of amides is 1. The Balaban J connectivity index is 0.000000838. The summed E-state index contributed by atoms with van der Waals surface area (Å²) in [6.45, 7) is 15.1. The summed E-state index contributed by atoms with van der Waals surface area (Å²) in [6, 6.07) is 8.73. The van der Waals surface area contributed by atoms with Gasteiger partial charge in [-0.25, -0.2) is 13.8 Å². The van der Waals surface area contributed by atoms with E-state index in [1.54, 1.807) is 30.0 Å². The summed E-state index contributed by atoms with van der Waals surface area (Å²) >= 11 is 3.48. The first-order valence-corrected chi connectivity index (χ1v) is 18.1. The molecule has 7 nitrogen and oxygen atoms in total. The number of carbonyl (C=O) groups excluding carboxylic acids is 2. The van der Waals surface area contributed by atoms with Crippen molar-refractivity contribution in [3.63, 3.8) is 0 Å². The molecule has 2 aromatic carbocycles. The number of hydrogen-bond acceptors (Lipinski definition) is 6. The number of aromatic hydroxyl groups is 1. The summed E-state index contributed by atoms with van der Waals surface area (Å²) < 4.78 is 28.4. The number of nitrogens with zero attached hydrogens (tertiary/aromatic N) is 3. The molecule has 1 amide bonds. The molecule has 1 saturated heterocycles. The van der Waals surface area contributed by atoms with Gasteiger partial charge >= 0.3 is 0 Å². The van der Waals surface area contributed by atoms with Crippen LogP contribution >= 0.6 is 15.9 Å². The highest BCUT2D eigenvalue weighted by molar-refractivity contribution is 9.10. The van der Waals surface area contributed by atoms with E-state index in [1.807, 2.05) is 46.8 Å². The van der Waals surface area contributed by atoms with Gasteiger partial charge in [-0.1, -0.05) is 76.0 Å². The van der Waals surface area contributed by atoms with Crippen molar-refractivity contribution >= 4 is 50.4 Å². The summed E-state index contributed by atoms with van der Waals surface area (Å²) in [5.74, 6) is 0.597. The van der Waals surface area contributed by atoms with Gasteiger partial charge in [0.25, 0.3) is 12.3 Å². The summed E-state index contributed by atoms with van der Waals surface area (Å²) in [4.78, 5) is 35.6. The number of nitrogens with two attached hydrogens (primary N) is 1. The number of hydrogen-bond donors (Lipinski definition) is 2. The van der Waals surface area contributed by atoms with Crippen molar-refractivity contribution in [2.75, 3.05) is 6.54 Å². The van der Waals surface area contributed by atoms with Gasteiger partial charge in [-0.3, -0.25) is 14.6 Å². The Hall–Kier alpha value is -3.66. The zero-order chi connectivity index (χ0) is 36.4. The Morgan fingerprint density at radius 3 is 2.31 bits per heavy atom. The van der Waals surface area contributed by atoms with Crippen LogP contribution in [0.3, 0.4) is 0 Å². The number of phenolic OH excluding ortho intramolecular Hbond substituents is 1. The van der Waals surface area contributed by atoms with E-state index < -0.39 is 6.43 Å². The molecule has 0 spiro atoms. The summed E-state index contributed by atoms with van der Waals surface area (Å²) in [7, 11) is 0. The van der Waals surface area contributed by atoms with E-state index in [2.05, 4.69) is 27.5 Å². The van der Waals surface area contributed by atoms with E-state index in [-0.39, 0.29) is 52.8 Å². The van der Waals surface area contributed by atoms with E-state index in [1.165, 1.54) is 6.08 Å². The zero-order valence-electron chi connectivity index (χ0n) is 29.7. The van der Waals surface area contributed by atoms with Crippen molar-refractivity contribution in [1.82, 2.24) is 4.90 Å². The summed E-state index contributed by atoms with van der Waals surface area (Å²) in [6.07, 6.45) is 4.09. The Morgan fingerprint density at radius 1 is 1.12 bits per heavy atom. The highest BCUT2D eigenvalue weighted by Gasteiger charge is 2.36. The first-order chi connectivity index (χ1) is 23.3. The van der Waals surface area contributed by atoms with E-state index in [9.17, 15) is 23.5 Å². The molecule has 3 N–H and O–H groups in total. The highest BCUT2D eigenvalue weighted by Crippen LogP contribution is 2.43. The molecule has 0 bridgehead atoms. The second kappa shape index (κ2) is 18.4. The fourth-order valence-electron chi connectivity index (χ4n) is 5.90. The third-order valence-electron chi connectivity index (χ3n) is 8.81. The van der Waals surface area contributed by atoms with Crippen LogP contribution in [0.15, 0.2) is 68.7 Å². The molecular weight excluding hydrogens is 690 g/mol. The van der Waals surface area contributed by atoms with Crippen LogP contribution in [0, 0.1) is 12.8 Å². The average Bonchev–Trinajstić information content (AvgIpc) is 3.92. The molecule has 1 aliphatic heterocycles. The Labute approximate surface area is 298 Å². The number of allylic oxidation sites excluding steroid dienone is 2. The van der Waals surface area contributed by atoms with Crippen LogP contribution in [0.5, 0.6) is 5.75 Å². The van der Waals surface area contributed by atoms with Crippen LogP contribution < -0.4 is 5.73 Å². The largest absolute Gasteiger partial charge is 0.506 e. The van der Waals surface area contributed by atoms with Crippen LogP contribution in [0.2, 0.25) is 0 Å². The van der Waals surface area contributed by atoms with E-state index >= 15 is 0 Å². The van der Waals surface area contributed by atoms with Crippen LogP contribution in [0.4, 0.5) is 20.2 Å². The Kier molecular flexibility index (Phi) is 14.9. The van der Waals surface area contributed by atoms with Crippen molar-refractivity contribution in [3.05, 3.63) is 75.4 Å². The molecule has 2 fully saturated rings. The lowest BCUT2D eigenvalue weighted by molar-refractivity contribution is -0.117. The van der Waals surface area contributed by atoms with Crippen LogP contribution in [-0.4, -0.2) is 52.1 Å². The Morgan fingerprint density at radius 2 is 1.80 bits per heavy atom. The monoisotopic (exact) mass is 740 g/mol. The molecule has 1 heterocycles. The first-order valence-electron chi connectivity index (χ1n) is 17.3. The van der Waals surface area contributed by atoms with Crippen LogP contribution in [0.25, 0.3) is 0 Å². The number of aliphatic imine (C=N–C) groups is 2. The van der Waals surface area contributed by atoms with Gasteiger partial charge < -0.3 is 15.7 Å². The highest BCUT2D eigenvalue weighted by atomic mass is 79.9. The third kappa shape index (κ3) is 10.2. The molecule has 1 saturated carbocycles. The first kappa shape index (κ1) is 39.8. The molecular formula is C39H51BrF2N4O3. The molecule has 0 aromatic heterocycles. The number of piperidine rings is 1. The molecule has 1 atom stereocenters. The molecule has 2 aromatic rings. The van der Waals surface area contributed by atoms with E-state index in [4.69, 9.17) is 10.7 Å². The maximum atomic E-state index is 14.2. The quantitative estimate of drug-likeness (QED) is 0.167. The number of ketones is 1. The predicted molar refractivity (Wildman–Crippen MR) is 200 cm³/mol. The van der Waals surface area contributed by atoms with Gasteiger partial charge in [0.1, 0.15) is 11.4 Å². The van der Waals surface area contributed by atoms with Gasteiger partial charge in [0.2, 0.25) is 0 Å². The fourth-order valence-corrected chi connectivity index (χ4v) is 6.22. The number of halogens is 3. The average molecular weight is 742 g/mol. The van der Waals surface area contributed by atoms with Crippen molar-refractivity contribution in [1.29, 1.82) is 0 Å².